The fourth-order valence-electron chi connectivity index (χ4n) is 1.80. The van der Waals surface area contributed by atoms with Crippen LogP contribution < -0.4 is 5.32 Å². The molecule has 15 heavy (non-hydrogen) atoms. The van der Waals surface area contributed by atoms with E-state index in [0.29, 0.717) is 0 Å². The highest BCUT2D eigenvalue weighted by Crippen LogP contribution is 2.28. The molecule has 1 fully saturated rings. The molecule has 0 unspecified atom stereocenters. The predicted octanol–water partition coefficient (Wildman–Crippen LogP) is 1.85. The van der Waals surface area contributed by atoms with Crippen LogP contribution in [0.3, 0.4) is 0 Å². The standard InChI is InChI=1S/C11H19N3S/c1-3-14(10-4-5-10)7-9-8-15-11(13-9)6-12-2/h8,10,12H,3-7H2,1-2H3. The third-order valence-electron chi connectivity index (χ3n) is 2.76. The van der Waals surface area contributed by atoms with E-state index in [2.05, 4.69) is 27.5 Å². The van der Waals surface area contributed by atoms with Gasteiger partial charge in [0, 0.05) is 24.5 Å². The van der Waals surface area contributed by atoms with Crippen molar-refractivity contribution in [3.05, 3.63) is 16.1 Å². The van der Waals surface area contributed by atoms with Crippen molar-refractivity contribution in [1.29, 1.82) is 0 Å². The number of nitrogens with zero attached hydrogens (tertiary/aromatic N) is 2. The number of aromatic nitrogens is 1. The third-order valence-corrected chi connectivity index (χ3v) is 3.66. The molecule has 3 nitrogen and oxygen atoms in total. The van der Waals surface area contributed by atoms with Crippen molar-refractivity contribution in [2.24, 2.45) is 0 Å². The molecule has 1 saturated carbocycles. The first-order valence-electron chi connectivity index (χ1n) is 5.65. The van der Waals surface area contributed by atoms with E-state index >= 15 is 0 Å². The smallest absolute Gasteiger partial charge is 0.107 e. The van der Waals surface area contributed by atoms with Crippen LogP contribution in [0.25, 0.3) is 0 Å². The van der Waals surface area contributed by atoms with Crippen molar-refractivity contribution in [3.63, 3.8) is 0 Å². The minimum atomic E-state index is 0.837. The van der Waals surface area contributed by atoms with E-state index < -0.39 is 0 Å². The van der Waals surface area contributed by atoms with Crippen LogP contribution in [0, 0.1) is 0 Å². The van der Waals surface area contributed by atoms with Gasteiger partial charge in [-0.15, -0.1) is 11.3 Å². The molecule has 1 aromatic heterocycles. The molecule has 0 aromatic carbocycles. The number of nitrogens with one attached hydrogen (secondary N) is 1. The molecule has 0 bridgehead atoms. The van der Waals surface area contributed by atoms with E-state index in [1.807, 2.05) is 7.05 Å². The van der Waals surface area contributed by atoms with Crippen LogP contribution in [-0.2, 0) is 13.1 Å². The average molecular weight is 225 g/mol. The molecule has 0 radical (unpaired) electrons. The van der Waals surface area contributed by atoms with Crippen LogP contribution in [-0.4, -0.2) is 29.5 Å². The van der Waals surface area contributed by atoms with Gasteiger partial charge in [-0.1, -0.05) is 6.92 Å². The van der Waals surface area contributed by atoms with E-state index in [-0.39, 0.29) is 0 Å². The molecule has 0 saturated heterocycles. The zero-order valence-corrected chi connectivity index (χ0v) is 10.3. The van der Waals surface area contributed by atoms with Gasteiger partial charge in [0.15, 0.2) is 0 Å². The van der Waals surface area contributed by atoms with Crippen molar-refractivity contribution in [2.75, 3.05) is 13.6 Å². The lowest BCUT2D eigenvalue weighted by molar-refractivity contribution is 0.266. The minimum absolute atomic E-state index is 0.837. The Labute approximate surface area is 95.5 Å². The summed E-state index contributed by atoms with van der Waals surface area (Å²) in [7, 11) is 1.96. The molecule has 1 heterocycles. The van der Waals surface area contributed by atoms with Crippen LogP contribution in [0.5, 0.6) is 0 Å². The van der Waals surface area contributed by atoms with Gasteiger partial charge >= 0.3 is 0 Å². The average Bonchev–Trinajstić information content (AvgIpc) is 2.98. The first kappa shape index (κ1) is 11.0. The second kappa shape index (κ2) is 5.05. The molecule has 0 spiro atoms. The van der Waals surface area contributed by atoms with Crippen LogP contribution in [0.15, 0.2) is 5.38 Å². The highest BCUT2D eigenvalue weighted by Gasteiger charge is 2.27. The molecular formula is C11H19N3S. The van der Waals surface area contributed by atoms with Crippen LogP contribution in [0.2, 0.25) is 0 Å². The maximum atomic E-state index is 4.61. The van der Waals surface area contributed by atoms with Gasteiger partial charge in [0.25, 0.3) is 0 Å². The lowest BCUT2D eigenvalue weighted by atomic mass is 10.4. The maximum Gasteiger partial charge on any atom is 0.107 e. The lowest BCUT2D eigenvalue weighted by Gasteiger charge is -2.17. The van der Waals surface area contributed by atoms with Gasteiger partial charge in [-0.3, -0.25) is 4.90 Å². The quantitative estimate of drug-likeness (QED) is 0.801. The molecule has 0 amide bonds. The zero-order valence-electron chi connectivity index (χ0n) is 9.49. The third kappa shape index (κ3) is 3.00. The summed E-state index contributed by atoms with van der Waals surface area (Å²) < 4.78 is 0. The second-order valence-corrected chi connectivity index (χ2v) is 5.00. The highest BCUT2D eigenvalue weighted by molar-refractivity contribution is 7.09. The topological polar surface area (TPSA) is 28.2 Å². The van der Waals surface area contributed by atoms with Crippen molar-refractivity contribution in [2.45, 2.75) is 38.9 Å². The largest absolute Gasteiger partial charge is 0.314 e. The van der Waals surface area contributed by atoms with Crippen LogP contribution >= 0.6 is 11.3 Å². The fourth-order valence-corrected chi connectivity index (χ4v) is 2.60. The number of rotatable bonds is 6. The van der Waals surface area contributed by atoms with Gasteiger partial charge in [0.1, 0.15) is 5.01 Å². The first-order valence-corrected chi connectivity index (χ1v) is 6.53. The molecule has 4 heteroatoms. The summed E-state index contributed by atoms with van der Waals surface area (Å²) in [5.41, 5.74) is 1.24. The van der Waals surface area contributed by atoms with E-state index in [1.165, 1.54) is 23.5 Å². The molecule has 0 atom stereocenters. The summed E-state index contributed by atoms with van der Waals surface area (Å²) >= 11 is 1.76. The predicted molar refractivity (Wildman–Crippen MR) is 64.0 cm³/mol. The van der Waals surface area contributed by atoms with Crippen molar-refractivity contribution in [1.82, 2.24) is 15.2 Å². The first-order chi connectivity index (χ1) is 7.33. The molecular weight excluding hydrogens is 206 g/mol. The summed E-state index contributed by atoms with van der Waals surface area (Å²) in [5.74, 6) is 0. The molecule has 1 N–H and O–H groups in total. The Morgan fingerprint density at radius 3 is 3.00 bits per heavy atom. The summed E-state index contributed by atoms with van der Waals surface area (Å²) in [6.07, 6.45) is 2.75. The van der Waals surface area contributed by atoms with Crippen molar-refractivity contribution < 1.29 is 0 Å². The normalized spacial score (nSPS) is 16.2. The maximum absolute atomic E-state index is 4.61. The highest BCUT2D eigenvalue weighted by atomic mass is 32.1. The van der Waals surface area contributed by atoms with E-state index in [4.69, 9.17) is 0 Å². The SMILES string of the molecule is CCN(Cc1csc(CNC)n1)C1CC1. The molecule has 0 aliphatic heterocycles. The zero-order chi connectivity index (χ0) is 10.7. The van der Waals surface area contributed by atoms with Crippen molar-refractivity contribution in [3.8, 4) is 0 Å². The number of hydrogen-bond donors (Lipinski definition) is 1. The summed E-state index contributed by atoms with van der Waals surface area (Å²) in [5, 5.41) is 6.52. The Morgan fingerprint density at radius 1 is 1.60 bits per heavy atom. The summed E-state index contributed by atoms with van der Waals surface area (Å²) in [6.45, 7) is 5.30. The van der Waals surface area contributed by atoms with Gasteiger partial charge in [-0.05, 0) is 26.4 Å². The van der Waals surface area contributed by atoms with Crippen LogP contribution in [0.1, 0.15) is 30.5 Å². The summed E-state index contributed by atoms with van der Waals surface area (Å²) in [4.78, 5) is 7.14. The van der Waals surface area contributed by atoms with E-state index in [9.17, 15) is 0 Å². The Kier molecular flexibility index (Phi) is 3.72. The molecule has 2 rings (SSSR count). The van der Waals surface area contributed by atoms with Gasteiger partial charge in [-0.2, -0.15) is 0 Å². The number of hydrogen-bond acceptors (Lipinski definition) is 4. The van der Waals surface area contributed by atoms with E-state index in [0.717, 1.165) is 25.7 Å². The Bertz CT molecular complexity index is 307. The van der Waals surface area contributed by atoms with Gasteiger partial charge < -0.3 is 5.32 Å². The summed E-state index contributed by atoms with van der Waals surface area (Å²) in [6, 6.07) is 0.837. The Balaban J connectivity index is 1.90. The Morgan fingerprint density at radius 2 is 2.40 bits per heavy atom. The van der Waals surface area contributed by atoms with Gasteiger partial charge in [0.05, 0.1) is 5.69 Å². The van der Waals surface area contributed by atoms with Crippen LogP contribution in [0.4, 0.5) is 0 Å². The molecule has 1 aromatic rings. The molecule has 1 aliphatic carbocycles. The monoisotopic (exact) mass is 225 g/mol. The Hall–Kier alpha value is -0.450. The van der Waals surface area contributed by atoms with Gasteiger partial charge in [0.2, 0.25) is 0 Å². The minimum Gasteiger partial charge on any atom is -0.314 e. The molecule has 1 aliphatic rings. The number of thiazole rings is 1. The van der Waals surface area contributed by atoms with Crippen molar-refractivity contribution >= 4 is 11.3 Å². The fraction of sp³-hybridized carbons (Fsp3) is 0.727. The van der Waals surface area contributed by atoms with Gasteiger partial charge in [-0.25, -0.2) is 4.98 Å². The second-order valence-electron chi connectivity index (χ2n) is 4.06. The lowest BCUT2D eigenvalue weighted by Crippen LogP contribution is -2.25. The van der Waals surface area contributed by atoms with E-state index in [1.54, 1.807) is 11.3 Å². The molecule has 84 valence electrons.